The SMILES string of the molecule is O=C(CCc1ccc(Cl)cc1Cl)N(CCO)C1CCC1. The highest BCUT2D eigenvalue weighted by Crippen LogP contribution is 2.26. The van der Waals surface area contributed by atoms with Gasteiger partial charge < -0.3 is 10.0 Å². The topological polar surface area (TPSA) is 40.5 Å². The number of aliphatic hydroxyl groups is 1. The molecule has 1 saturated carbocycles. The molecule has 0 spiro atoms. The Labute approximate surface area is 129 Å². The van der Waals surface area contributed by atoms with Crippen LogP contribution in [0.15, 0.2) is 18.2 Å². The fourth-order valence-electron chi connectivity index (χ4n) is 2.43. The zero-order valence-corrected chi connectivity index (χ0v) is 12.8. The van der Waals surface area contributed by atoms with Crippen LogP contribution in [0.3, 0.4) is 0 Å². The maximum Gasteiger partial charge on any atom is 0.223 e. The van der Waals surface area contributed by atoms with Crippen molar-refractivity contribution in [1.82, 2.24) is 4.90 Å². The van der Waals surface area contributed by atoms with Crippen molar-refractivity contribution in [2.45, 2.75) is 38.1 Å². The van der Waals surface area contributed by atoms with E-state index in [1.165, 1.54) is 6.42 Å². The fraction of sp³-hybridized carbons (Fsp3) is 0.533. The lowest BCUT2D eigenvalue weighted by molar-refractivity contribution is -0.135. The standard InChI is InChI=1S/C15H19Cl2NO2/c16-12-6-4-11(14(17)10-12)5-7-15(20)18(8-9-19)13-2-1-3-13/h4,6,10,13,19H,1-3,5,7-9H2. The number of carbonyl (C=O) groups excluding carboxylic acids is 1. The fourth-order valence-corrected chi connectivity index (χ4v) is 2.93. The Bertz CT molecular complexity index is 475. The molecule has 1 aliphatic carbocycles. The van der Waals surface area contributed by atoms with Crippen LogP contribution >= 0.6 is 23.2 Å². The predicted octanol–water partition coefficient (Wildman–Crippen LogP) is 3.30. The molecule has 0 atom stereocenters. The van der Waals surface area contributed by atoms with Crippen LogP contribution in [0.4, 0.5) is 0 Å². The highest BCUT2D eigenvalue weighted by Gasteiger charge is 2.27. The lowest BCUT2D eigenvalue weighted by atomic mass is 9.91. The monoisotopic (exact) mass is 315 g/mol. The normalized spacial score (nSPS) is 14.9. The molecule has 1 fully saturated rings. The van der Waals surface area contributed by atoms with Crippen molar-refractivity contribution in [3.8, 4) is 0 Å². The molecule has 110 valence electrons. The minimum atomic E-state index is 0.0178. The molecule has 0 aliphatic heterocycles. The summed E-state index contributed by atoms with van der Waals surface area (Å²) in [6.45, 7) is 0.446. The van der Waals surface area contributed by atoms with E-state index in [1.54, 1.807) is 12.1 Å². The van der Waals surface area contributed by atoms with E-state index < -0.39 is 0 Å². The third kappa shape index (κ3) is 3.87. The molecular weight excluding hydrogens is 297 g/mol. The molecule has 0 radical (unpaired) electrons. The molecule has 0 aromatic heterocycles. The first-order valence-electron chi connectivity index (χ1n) is 6.96. The van der Waals surface area contributed by atoms with Gasteiger partial charge in [-0.05, 0) is 43.4 Å². The third-order valence-electron chi connectivity index (χ3n) is 3.80. The number of halogens is 2. The molecule has 5 heteroatoms. The molecule has 1 aliphatic rings. The maximum absolute atomic E-state index is 12.3. The summed E-state index contributed by atoms with van der Waals surface area (Å²) in [4.78, 5) is 14.1. The Balaban J connectivity index is 1.92. The second-order valence-corrected chi connectivity index (χ2v) is 5.97. The van der Waals surface area contributed by atoms with E-state index in [9.17, 15) is 4.79 Å². The molecule has 0 heterocycles. The van der Waals surface area contributed by atoms with E-state index in [2.05, 4.69) is 0 Å². The molecule has 1 aromatic rings. The first-order valence-corrected chi connectivity index (χ1v) is 7.71. The number of rotatable bonds is 6. The molecule has 0 unspecified atom stereocenters. The molecule has 1 amide bonds. The van der Waals surface area contributed by atoms with Gasteiger partial charge in [0, 0.05) is 29.1 Å². The summed E-state index contributed by atoms with van der Waals surface area (Å²) >= 11 is 12.0. The lowest BCUT2D eigenvalue weighted by Crippen LogP contribution is -2.45. The van der Waals surface area contributed by atoms with Gasteiger partial charge in [-0.15, -0.1) is 0 Å². The van der Waals surface area contributed by atoms with Gasteiger partial charge in [0.15, 0.2) is 0 Å². The number of aryl methyl sites for hydroxylation is 1. The summed E-state index contributed by atoms with van der Waals surface area (Å²) in [5, 5.41) is 10.3. The van der Waals surface area contributed by atoms with Crippen molar-refractivity contribution in [2.75, 3.05) is 13.2 Å². The van der Waals surface area contributed by atoms with E-state index in [1.807, 2.05) is 11.0 Å². The van der Waals surface area contributed by atoms with E-state index in [-0.39, 0.29) is 12.5 Å². The van der Waals surface area contributed by atoms with Gasteiger partial charge in [-0.3, -0.25) is 4.79 Å². The van der Waals surface area contributed by atoms with Gasteiger partial charge in [0.1, 0.15) is 0 Å². The number of nitrogens with zero attached hydrogens (tertiary/aromatic N) is 1. The molecule has 1 aromatic carbocycles. The minimum absolute atomic E-state index is 0.0178. The van der Waals surface area contributed by atoms with E-state index >= 15 is 0 Å². The average Bonchev–Trinajstić information content (AvgIpc) is 2.34. The van der Waals surface area contributed by atoms with Crippen LogP contribution < -0.4 is 0 Å². The smallest absolute Gasteiger partial charge is 0.223 e. The van der Waals surface area contributed by atoms with Gasteiger partial charge in [0.05, 0.1) is 6.61 Å². The Morgan fingerprint density at radius 2 is 2.10 bits per heavy atom. The van der Waals surface area contributed by atoms with Crippen molar-refractivity contribution >= 4 is 29.1 Å². The van der Waals surface area contributed by atoms with Crippen LogP contribution in [0.25, 0.3) is 0 Å². The van der Waals surface area contributed by atoms with Gasteiger partial charge in [-0.1, -0.05) is 29.3 Å². The predicted molar refractivity (Wildman–Crippen MR) is 81.2 cm³/mol. The number of benzene rings is 1. The zero-order valence-electron chi connectivity index (χ0n) is 11.3. The zero-order chi connectivity index (χ0) is 14.5. The summed E-state index contributed by atoms with van der Waals surface area (Å²) < 4.78 is 0. The number of hydrogen-bond acceptors (Lipinski definition) is 2. The number of carbonyl (C=O) groups is 1. The van der Waals surface area contributed by atoms with Crippen LogP contribution in [0, 0.1) is 0 Å². The van der Waals surface area contributed by atoms with Gasteiger partial charge in [-0.25, -0.2) is 0 Å². The van der Waals surface area contributed by atoms with Crippen molar-refractivity contribution in [2.24, 2.45) is 0 Å². The lowest BCUT2D eigenvalue weighted by Gasteiger charge is -2.37. The molecule has 3 nitrogen and oxygen atoms in total. The van der Waals surface area contributed by atoms with Crippen molar-refractivity contribution in [1.29, 1.82) is 0 Å². The molecule has 1 N–H and O–H groups in total. The molecule has 2 rings (SSSR count). The third-order valence-corrected chi connectivity index (χ3v) is 4.39. The molecule has 0 saturated heterocycles. The van der Waals surface area contributed by atoms with Gasteiger partial charge >= 0.3 is 0 Å². The number of amides is 1. The summed E-state index contributed by atoms with van der Waals surface area (Å²) in [6.07, 6.45) is 4.28. The summed E-state index contributed by atoms with van der Waals surface area (Å²) in [6, 6.07) is 5.65. The molecule has 0 bridgehead atoms. The van der Waals surface area contributed by atoms with Gasteiger partial charge in [0.25, 0.3) is 0 Å². The first-order chi connectivity index (χ1) is 9.61. The van der Waals surface area contributed by atoms with Crippen LogP contribution in [-0.4, -0.2) is 35.1 Å². The van der Waals surface area contributed by atoms with Crippen molar-refractivity contribution < 1.29 is 9.90 Å². The van der Waals surface area contributed by atoms with Crippen LogP contribution in [0.2, 0.25) is 10.0 Å². The Hall–Kier alpha value is -0.770. The number of aliphatic hydroxyl groups excluding tert-OH is 1. The first kappa shape index (κ1) is 15.6. The van der Waals surface area contributed by atoms with E-state index in [4.69, 9.17) is 28.3 Å². The van der Waals surface area contributed by atoms with E-state index in [0.717, 1.165) is 18.4 Å². The van der Waals surface area contributed by atoms with Gasteiger partial charge in [0.2, 0.25) is 5.91 Å². The molecular formula is C15H19Cl2NO2. The summed E-state index contributed by atoms with van der Waals surface area (Å²) in [5.41, 5.74) is 0.932. The van der Waals surface area contributed by atoms with Crippen LogP contribution in [0.1, 0.15) is 31.2 Å². The quantitative estimate of drug-likeness (QED) is 0.875. The number of hydrogen-bond donors (Lipinski definition) is 1. The van der Waals surface area contributed by atoms with Gasteiger partial charge in [-0.2, -0.15) is 0 Å². The summed E-state index contributed by atoms with van der Waals surface area (Å²) in [5.74, 6) is 0.0924. The van der Waals surface area contributed by atoms with Crippen LogP contribution in [-0.2, 0) is 11.2 Å². The average molecular weight is 316 g/mol. The van der Waals surface area contributed by atoms with Crippen molar-refractivity contribution in [3.05, 3.63) is 33.8 Å². The highest BCUT2D eigenvalue weighted by atomic mass is 35.5. The Morgan fingerprint density at radius 3 is 2.65 bits per heavy atom. The highest BCUT2D eigenvalue weighted by molar-refractivity contribution is 6.35. The maximum atomic E-state index is 12.3. The largest absolute Gasteiger partial charge is 0.395 e. The Morgan fingerprint density at radius 1 is 1.35 bits per heavy atom. The minimum Gasteiger partial charge on any atom is -0.395 e. The molecule has 20 heavy (non-hydrogen) atoms. The van der Waals surface area contributed by atoms with Crippen LogP contribution in [0.5, 0.6) is 0 Å². The Kier molecular flexibility index (Phi) is 5.70. The summed E-state index contributed by atoms with van der Waals surface area (Å²) in [7, 11) is 0. The second kappa shape index (κ2) is 7.30. The van der Waals surface area contributed by atoms with E-state index in [0.29, 0.717) is 35.5 Å². The van der Waals surface area contributed by atoms with Crippen molar-refractivity contribution in [3.63, 3.8) is 0 Å². The second-order valence-electron chi connectivity index (χ2n) is 5.13.